The largest absolute Gasteiger partial charge is 1.00 e. The molecule has 0 aliphatic carbocycles. The van der Waals surface area contributed by atoms with Gasteiger partial charge in [0.1, 0.15) is 0 Å². The van der Waals surface area contributed by atoms with Crippen molar-refractivity contribution in [2.45, 2.75) is 45.4 Å². The molecule has 22 heavy (non-hydrogen) atoms. The minimum atomic E-state index is -3.84. The fourth-order valence-corrected chi connectivity index (χ4v) is 2.23. The van der Waals surface area contributed by atoms with Crippen molar-refractivity contribution in [1.29, 1.82) is 0 Å². The number of unbranched alkanes of at least 4 members (excludes halogenated alkanes) is 4. The van der Waals surface area contributed by atoms with Crippen LogP contribution in [-0.4, -0.2) is 58.4 Å². The van der Waals surface area contributed by atoms with Gasteiger partial charge in [-0.1, -0.05) is 26.2 Å². The van der Waals surface area contributed by atoms with Crippen LogP contribution in [0.4, 0.5) is 0 Å². The summed E-state index contributed by atoms with van der Waals surface area (Å²) in [7, 11) is -3.84. The van der Waals surface area contributed by atoms with Crippen molar-refractivity contribution in [2.75, 3.05) is 45.4 Å². The molecule has 0 atom stereocenters. The molecule has 6 nitrogen and oxygen atoms in total. The summed E-state index contributed by atoms with van der Waals surface area (Å²) in [4.78, 5) is 0. The molecule has 0 aliphatic heterocycles. The Bertz CT molecular complexity index is 316. The Morgan fingerprint density at radius 3 is 1.68 bits per heavy atom. The van der Waals surface area contributed by atoms with E-state index in [0.29, 0.717) is 45.9 Å². The van der Waals surface area contributed by atoms with Gasteiger partial charge in [0.25, 0.3) is 10.1 Å². The average Bonchev–Trinajstić information content (AvgIpc) is 2.42. The molecule has 0 fully saturated rings. The molecular formula is C14H31NaO6S. The fraction of sp³-hybridized carbons (Fsp3) is 1.00. The first-order chi connectivity index (χ1) is 10.1. The molecule has 0 unspecified atom stereocenters. The smallest absolute Gasteiger partial charge is 1.00 e. The molecule has 0 aromatic carbocycles. The molecule has 0 rings (SSSR count). The van der Waals surface area contributed by atoms with Crippen LogP contribution in [0.2, 0.25) is 0 Å². The second-order valence-electron chi connectivity index (χ2n) is 4.89. The van der Waals surface area contributed by atoms with Gasteiger partial charge in [-0.3, -0.25) is 4.55 Å². The van der Waals surface area contributed by atoms with Crippen LogP contribution in [0.25, 0.3) is 0 Å². The maximum Gasteiger partial charge on any atom is 1.00 e. The zero-order valence-electron chi connectivity index (χ0n) is 15.1. The Morgan fingerprint density at radius 1 is 0.773 bits per heavy atom. The molecule has 8 heteroatoms. The molecule has 1 N–H and O–H groups in total. The summed E-state index contributed by atoms with van der Waals surface area (Å²) in [5.41, 5.74) is 0. The number of ether oxygens (including phenoxy) is 3. The van der Waals surface area contributed by atoms with Crippen molar-refractivity contribution in [3.05, 3.63) is 0 Å². The molecule has 0 heterocycles. The Kier molecular flexibility index (Phi) is 20.6. The number of hydrogen-bond acceptors (Lipinski definition) is 5. The molecule has 0 aromatic heterocycles. The van der Waals surface area contributed by atoms with Crippen LogP contribution in [0.1, 0.15) is 46.9 Å². The summed E-state index contributed by atoms with van der Waals surface area (Å²) in [6, 6.07) is 0. The molecule has 0 saturated heterocycles. The zero-order valence-corrected chi connectivity index (χ0v) is 16.9. The molecule has 0 saturated carbocycles. The average molecular weight is 350 g/mol. The molecule has 0 aromatic rings. The van der Waals surface area contributed by atoms with Crippen LogP contribution >= 0.6 is 0 Å². The summed E-state index contributed by atoms with van der Waals surface area (Å²) in [6.07, 6.45) is 5.86. The summed E-state index contributed by atoms with van der Waals surface area (Å²) >= 11 is 0. The second-order valence-corrected chi connectivity index (χ2v) is 6.46. The molecule has 0 radical (unpaired) electrons. The molecule has 0 aliphatic rings. The van der Waals surface area contributed by atoms with Crippen molar-refractivity contribution in [2.24, 2.45) is 0 Å². The molecule has 130 valence electrons. The van der Waals surface area contributed by atoms with Crippen LogP contribution in [0.3, 0.4) is 0 Å². The van der Waals surface area contributed by atoms with Crippen molar-refractivity contribution < 1.29 is 58.2 Å². The molecule has 0 bridgehead atoms. The van der Waals surface area contributed by atoms with Crippen LogP contribution in [0.15, 0.2) is 0 Å². The standard InChI is InChI=1S/C14H30O6S.Na.H/c1-2-3-4-5-8-18-10-12-20-13-11-19-9-6-7-14-21(15,16)17;;/h2-14H2,1H3,(H,15,16,17);;/q;+1;-1. The number of hydrogen-bond donors (Lipinski definition) is 1. The van der Waals surface area contributed by atoms with Gasteiger partial charge < -0.3 is 15.6 Å². The zero-order chi connectivity index (χ0) is 15.8. The Morgan fingerprint density at radius 2 is 1.23 bits per heavy atom. The van der Waals surface area contributed by atoms with Crippen molar-refractivity contribution >= 4 is 10.1 Å². The van der Waals surface area contributed by atoms with Gasteiger partial charge in [0, 0.05) is 13.2 Å². The first-order valence-corrected chi connectivity index (χ1v) is 9.35. The normalized spacial score (nSPS) is 11.4. The summed E-state index contributed by atoms with van der Waals surface area (Å²) in [5.74, 6) is -0.206. The van der Waals surface area contributed by atoms with E-state index >= 15 is 0 Å². The third kappa shape index (κ3) is 23.1. The number of rotatable bonds is 16. The van der Waals surface area contributed by atoms with Crippen LogP contribution in [-0.2, 0) is 24.3 Å². The minimum absolute atomic E-state index is 0. The topological polar surface area (TPSA) is 82.1 Å². The molecular weight excluding hydrogens is 319 g/mol. The van der Waals surface area contributed by atoms with E-state index in [9.17, 15) is 8.42 Å². The summed E-state index contributed by atoms with van der Waals surface area (Å²) in [6.45, 7) is 5.64. The van der Waals surface area contributed by atoms with Gasteiger partial charge in [0.05, 0.1) is 32.2 Å². The maximum absolute atomic E-state index is 10.4. The fourth-order valence-electron chi connectivity index (χ4n) is 1.66. The SMILES string of the molecule is CCCCCCOCCOCCOCCCCS(=O)(=O)O.[H-].[Na+]. The Hall–Kier alpha value is 0.790. The van der Waals surface area contributed by atoms with E-state index in [4.69, 9.17) is 18.8 Å². The van der Waals surface area contributed by atoms with Crippen LogP contribution in [0, 0.1) is 0 Å². The molecule has 0 spiro atoms. The van der Waals surface area contributed by atoms with Crippen LogP contribution < -0.4 is 29.6 Å². The van der Waals surface area contributed by atoms with Gasteiger partial charge in [-0.2, -0.15) is 8.42 Å². The van der Waals surface area contributed by atoms with Crippen LogP contribution in [0.5, 0.6) is 0 Å². The van der Waals surface area contributed by atoms with Gasteiger partial charge in [0.15, 0.2) is 0 Å². The van der Waals surface area contributed by atoms with Crippen molar-refractivity contribution in [3.8, 4) is 0 Å². The van der Waals surface area contributed by atoms with Gasteiger partial charge in [-0.25, -0.2) is 0 Å². The second kappa shape index (κ2) is 18.1. The van der Waals surface area contributed by atoms with E-state index in [2.05, 4.69) is 6.92 Å². The van der Waals surface area contributed by atoms with E-state index in [1.807, 2.05) is 0 Å². The van der Waals surface area contributed by atoms with E-state index in [1.165, 1.54) is 19.3 Å². The van der Waals surface area contributed by atoms with Gasteiger partial charge >= 0.3 is 29.6 Å². The van der Waals surface area contributed by atoms with Gasteiger partial charge in [0.2, 0.25) is 0 Å². The van der Waals surface area contributed by atoms with E-state index < -0.39 is 10.1 Å². The first-order valence-electron chi connectivity index (χ1n) is 7.74. The van der Waals surface area contributed by atoms with E-state index in [1.54, 1.807) is 0 Å². The quantitative estimate of drug-likeness (QED) is 0.227. The summed E-state index contributed by atoms with van der Waals surface area (Å²) in [5, 5.41) is 0. The molecule has 0 amide bonds. The maximum atomic E-state index is 10.4. The Labute approximate surface area is 158 Å². The third-order valence-electron chi connectivity index (χ3n) is 2.83. The van der Waals surface area contributed by atoms with Crippen molar-refractivity contribution in [3.63, 3.8) is 0 Å². The van der Waals surface area contributed by atoms with Gasteiger partial charge in [-0.05, 0) is 19.3 Å². The van der Waals surface area contributed by atoms with Gasteiger partial charge in [-0.15, -0.1) is 0 Å². The van der Waals surface area contributed by atoms with E-state index in [0.717, 1.165) is 13.0 Å². The minimum Gasteiger partial charge on any atom is -1.00 e. The third-order valence-corrected chi connectivity index (χ3v) is 3.63. The predicted molar refractivity (Wildman–Crippen MR) is 83.4 cm³/mol. The predicted octanol–water partition coefficient (Wildman–Crippen LogP) is -0.599. The Balaban J connectivity index is -0.00000200. The monoisotopic (exact) mass is 350 g/mol. The van der Waals surface area contributed by atoms with E-state index in [-0.39, 0.29) is 36.7 Å². The first kappa shape index (κ1) is 25.0. The summed E-state index contributed by atoms with van der Waals surface area (Å²) < 4.78 is 45.5. The van der Waals surface area contributed by atoms with Crippen molar-refractivity contribution in [1.82, 2.24) is 0 Å².